The molecule has 154 valence electrons. The molecule has 10 heteroatoms. The fourth-order valence-corrected chi connectivity index (χ4v) is 3.11. The number of nitro groups is 1. The van der Waals surface area contributed by atoms with Crippen LogP contribution in [0.1, 0.15) is 18.2 Å². The molecule has 9 nitrogen and oxygen atoms in total. The highest BCUT2D eigenvalue weighted by molar-refractivity contribution is 7.13. The molecular weight excluding hydrogens is 408 g/mol. The van der Waals surface area contributed by atoms with Crippen LogP contribution >= 0.6 is 11.3 Å². The van der Waals surface area contributed by atoms with Crippen LogP contribution < -0.4 is 10.2 Å². The molecule has 0 aliphatic heterocycles. The maximum absolute atomic E-state index is 11.5. The summed E-state index contributed by atoms with van der Waals surface area (Å²) in [7, 11) is 0. The molecule has 3 rings (SSSR count). The van der Waals surface area contributed by atoms with Gasteiger partial charge in [0.15, 0.2) is 0 Å². The number of ether oxygens (including phenoxy) is 2. The Balaban J connectivity index is 1.68. The number of carbonyl (C=O) groups excluding carboxylic acids is 1. The van der Waals surface area contributed by atoms with E-state index in [1.807, 2.05) is 0 Å². The highest BCUT2D eigenvalue weighted by atomic mass is 32.1. The lowest BCUT2D eigenvalue weighted by Gasteiger charge is -2.08. The van der Waals surface area contributed by atoms with Crippen molar-refractivity contribution in [3.05, 3.63) is 75.3 Å². The van der Waals surface area contributed by atoms with Crippen LogP contribution in [0.4, 0.5) is 10.8 Å². The van der Waals surface area contributed by atoms with E-state index < -0.39 is 4.92 Å². The second-order valence-corrected chi connectivity index (χ2v) is 6.72. The standard InChI is InChI=1S/C20H18N4O5S/c1-2-28-19(25)11-15-13-30-20(22-15)23-21-12-14-7-3-5-9-17(14)29-18-10-6-4-8-16(18)24(26)27/h3-10,12-13H,2,11H2,1H3,(H,22,23). The largest absolute Gasteiger partial charge is 0.466 e. The lowest BCUT2D eigenvalue weighted by Crippen LogP contribution is -2.07. The summed E-state index contributed by atoms with van der Waals surface area (Å²) in [6.07, 6.45) is 1.62. The van der Waals surface area contributed by atoms with Gasteiger partial charge < -0.3 is 9.47 Å². The molecule has 3 aromatic rings. The molecule has 30 heavy (non-hydrogen) atoms. The van der Waals surface area contributed by atoms with Gasteiger partial charge in [-0.25, -0.2) is 4.98 Å². The maximum Gasteiger partial charge on any atom is 0.311 e. The number of nitro benzene ring substituents is 1. The Hall–Kier alpha value is -3.79. The monoisotopic (exact) mass is 426 g/mol. The molecule has 0 aliphatic rings. The fraction of sp³-hybridized carbons (Fsp3) is 0.150. The topological polar surface area (TPSA) is 116 Å². The highest BCUT2D eigenvalue weighted by Gasteiger charge is 2.15. The fourth-order valence-electron chi connectivity index (χ4n) is 2.45. The molecule has 0 unspecified atom stereocenters. The number of nitrogens with zero attached hydrogens (tertiary/aromatic N) is 3. The summed E-state index contributed by atoms with van der Waals surface area (Å²) in [6, 6.07) is 13.2. The molecule has 0 bridgehead atoms. The number of rotatable bonds is 9. The zero-order chi connectivity index (χ0) is 21.3. The van der Waals surface area contributed by atoms with Gasteiger partial charge in [-0.2, -0.15) is 5.10 Å². The van der Waals surface area contributed by atoms with Crippen LogP contribution in [0.5, 0.6) is 11.5 Å². The summed E-state index contributed by atoms with van der Waals surface area (Å²) in [5.41, 5.74) is 3.89. The molecule has 0 saturated heterocycles. The van der Waals surface area contributed by atoms with E-state index in [4.69, 9.17) is 9.47 Å². The Morgan fingerprint density at radius 3 is 2.73 bits per heavy atom. The number of carbonyl (C=O) groups is 1. The maximum atomic E-state index is 11.5. The van der Waals surface area contributed by atoms with Gasteiger partial charge in [0.2, 0.25) is 10.9 Å². The lowest BCUT2D eigenvalue weighted by atomic mass is 10.2. The Labute approximate surface area is 176 Å². The minimum absolute atomic E-state index is 0.0995. The van der Waals surface area contributed by atoms with Crippen molar-refractivity contribution in [3.8, 4) is 11.5 Å². The van der Waals surface area contributed by atoms with Crippen LogP contribution in [0.2, 0.25) is 0 Å². The second kappa shape index (κ2) is 10.1. The van der Waals surface area contributed by atoms with E-state index in [2.05, 4.69) is 15.5 Å². The average Bonchev–Trinajstić information content (AvgIpc) is 3.16. The van der Waals surface area contributed by atoms with Gasteiger partial charge in [0, 0.05) is 17.0 Å². The van der Waals surface area contributed by atoms with Gasteiger partial charge in [0.05, 0.1) is 29.9 Å². The molecular formula is C20H18N4O5S. The summed E-state index contributed by atoms with van der Waals surface area (Å²) in [6.45, 7) is 2.07. The normalized spacial score (nSPS) is 10.7. The number of esters is 1. The molecule has 0 atom stereocenters. The first-order chi connectivity index (χ1) is 14.6. The molecule has 1 heterocycles. The zero-order valence-electron chi connectivity index (χ0n) is 16.0. The molecule has 0 saturated carbocycles. The number of hydrazone groups is 1. The van der Waals surface area contributed by atoms with Gasteiger partial charge in [-0.05, 0) is 25.1 Å². The van der Waals surface area contributed by atoms with Crippen molar-refractivity contribution in [1.82, 2.24) is 4.98 Å². The van der Waals surface area contributed by atoms with Crippen molar-refractivity contribution in [3.63, 3.8) is 0 Å². The van der Waals surface area contributed by atoms with E-state index in [1.165, 1.54) is 29.7 Å². The summed E-state index contributed by atoms with van der Waals surface area (Å²) < 4.78 is 10.6. The Morgan fingerprint density at radius 1 is 1.23 bits per heavy atom. The third-order valence-corrected chi connectivity index (χ3v) is 4.54. The van der Waals surface area contributed by atoms with E-state index in [9.17, 15) is 14.9 Å². The molecule has 0 radical (unpaired) electrons. The van der Waals surface area contributed by atoms with Crippen molar-refractivity contribution in [1.29, 1.82) is 0 Å². The molecule has 0 spiro atoms. The van der Waals surface area contributed by atoms with E-state index in [1.54, 1.807) is 48.7 Å². The number of hydrogen-bond donors (Lipinski definition) is 1. The van der Waals surface area contributed by atoms with Gasteiger partial charge in [-0.15, -0.1) is 11.3 Å². The number of nitrogens with one attached hydrogen (secondary N) is 1. The van der Waals surface area contributed by atoms with Crippen LogP contribution in [0.3, 0.4) is 0 Å². The minimum atomic E-state index is -0.496. The molecule has 0 fully saturated rings. The molecule has 0 aliphatic carbocycles. The first kappa shape index (κ1) is 20.9. The molecule has 1 N–H and O–H groups in total. The van der Waals surface area contributed by atoms with Crippen molar-refractivity contribution in [2.24, 2.45) is 5.10 Å². The van der Waals surface area contributed by atoms with Crippen LogP contribution in [0.15, 0.2) is 59.0 Å². The smallest absolute Gasteiger partial charge is 0.311 e. The summed E-state index contributed by atoms with van der Waals surface area (Å²) in [5.74, 6) is 0.221. The number of hydrogen-bond acceptors (Lipinski definition) is 9. The summed E-state index contributed by atoms with van der Waals surface area (Å²) in [5, 5.41) is 17.6. The first-order valence-electron chi connectivity index (χ1n) is 8.96. The number of aromatic nitrogens is 1. The lowest BCUT2D eigenvalue weighted by molar-refractivity contribution is -0.385. The zero-order valence-corrected chi connectivity index (χ0v) is 16.8. The quantitative estimate of drug-likeness (QED) is 0.233. The van der Waals surface area contributed by atoms with Gasteiger partial charge in [0.25, 0.3) is 0 Å². The summed E-state index contributed by atoms with van der Waals surface area (Å²) >= 11 is 1.31. The van der Waals surface area contributed by atoms with Crippen molar-refractivity contribution >= 4 is 34.3 Å². The van der Waals surface area contributed by atoms with Gasteiger partial charge in [-0.1, -0.05) is 24.3 Å². The highest BCUT2D eigenvalue weighted by Crippen LogP contribution is 2.32. The van der Waals surface area contributed by atoms with Gasteiger partial charge in [0.1, 0.15) is 5.75 Å². The first-order valence-corrected chi connectivity index (χ1v) is 9.84. The van der Waals surface area contributed by atoms with E-state index in [0.29, 0.717) is 28.7 Å². The number of benzene rings is 2. The van der Waals surface area contributed by atoms with E-state index >= 15 is 0 Å². The third kappa shape index (κ3) is 5.61. The summed E-state index contributed by atoms with van der Waals surface area (Å²) in [4.78, 5) is 26.5. The number of anilines is 1. The minimum Gasteiger partial charge on any atom is -0.466 e. The second-order valence-electron chi connectivity index (χ2n) is 5.86. The van der Waals surface area contributed by atoms with Crippen molar-refractivity contribution in [2.75, 3.05) is 12.0 Å². The SMILES string of the molecule is CCOC(=O)Cc1csc(NN=Cc2ccccc2Oc2ccccc2[N+](=O)[O-])n1. The Bertz CT molecular complexity index is 1070. The Kier molecular flexibility index (Phi) is 7.06. The predicted molar refractivity (Wildman–Crippen MR) is 113 cm³/mol. The van der Waals surface area contributed by atoms with E-state index in [-0.39, 0.29) is 23.8 Å². The van der Waals surface area contributed by atoms with Gasteiger partial charge >= 0.3 is 11.7 Å². The van der Waals surface area contributed by atoms with Crippen LogP contribution in [-0.2, 0) is 16.0 Å². The average molecular weight is 426 g/mol. The molecule has 1 aromatic heterocycles. The van der Waals surface area contributed by atoms with Crippen molar-refractivity contribution < 1.29 is 19.2 Å². The van der Waals surface area contributed by atoms with Crippen molar-refractivity contribution in [2.45, 2.75) is 13.3 Å². The Morgan fingerprint density at radius 2 is 1.97 bits per heavy atom. The van der Waals surface area contributed by atoms with Crippen LogP contribution in [0.25, 0.3) is 0 Å². The number of para-hydroxylation sites is 3. The molecule has 2 aromatic carbocycles. The van der Waals surface area contributed by atoms with Crippen LogP contribution in [0, 0.1) is 10.1 Å². The van der Waals surface area contributed by atoms with Gasteiger partial charge in [-0.3, -0.25) is 20.3 Å². The van der Waals surface area contributed by atoms with E-state index in [0.717, 1.165) is 0 Å². The molecule has 0 amide bonds. The number of thiazole rings is 1. The predicted octanol–water partition coefficient (Wildman–Crippen LogP) is 4.40. The third-order valence-electron chi connectivity index (χ3n) is 3.75. The van der Waals surface area contributed by atoms with Crippen LogP contribution in [-0.4, -0.2) is 28.7 Å².